The third kappa shape index (κ3) is 1.87. The summed E-state index contributed by atoms with van der Waals surface area (Å²) in [4.78, 5) is 8.20. The summed E-state index contributed by atoms with van der Waals surface area (Å²) in [6.45, 7) is 0. The van der Waals surface area contributed by atoms with Gasteiger partial charge in [0.05, 0.1) is 5.02 Å². The Balaban J connectivity index is 2.18. The second kappa shape index (κ2) is 3.82. The van der Waals surface area contributed by atoms with Crippen molar-refractivity contribution >= 4 is 22.8 Å². The predicted molar refractivity (Wildman–Crippen MR) is 62.2 cm³/mol. The molecule has 84 valence electrons. The molecule has 2 heterocycles. The molecule has 0 atom stereocenters. The number of fused-ring (bicyclic) bond motifs is 1. The van der Waals surface area contributed by atoms with Crippen molar-refractivity contribution in [1.82, 2.24) is 9.97 Å². The molecule has 5 heteroatoms. The number of aromatic nitrogens is 2. The first-order valence-corrected chi connectivity index (χ1v) is 5.28. The first-order chi connectivity index (χ1) is 8.22. The average Bonchev–Trinajstić information content (AvgIpc) is 2.72. The van der Waals surface area contributed by atoms with Crippen molar-refractivity contribution in [2.24, 2.45) is 0 Å². The van der Waals surface area contributed by atoms with E-state index in [2.05, 4.69) is 9.97 Å². The number of oxazole rings is 1. The molecule has 1 aromatic carbocycles. The molecule has 0 aliphatic heterocycles. The minimum absolute atomic E-state index is 0.328. The monoisotopic (exact) mass is 248 g/mol. The average molecular weight is 249 g/mol. The Bertz CT molecular complexity index is 696. The van der Waals surface area contributed by atoms with Crippen LogP contribution in [0.2, 0.25) is 5.02 Å². The third-order valence-corrected chi connectivity index (χ3v) is 2.49. The van der Waals surface area contributed by atoms with Crippen molar-refractivity contribution in [3.8, 4) is 11.5 Å². The number of halogens is 2. The van der Waals surface area contributed by atoms with Crippen LogP contribution < -0.4 is 0 Å². The van der Waals surface area contributed by atoms with Gasteiger partial charge in [-0.3, -0.25) is 0 Å². The molecule has 3 rings (SSSR count). The number of hydrogen-bond donors (Lipinski definition) is 0. The van der Waals surface area contributed by atoms with Gasteiger partial charge in [0.25, 0.3) is 0 Å². The van der Waals surface area contributed by atoms with E-state index < -0.39 is 0 Å². The van der Waals surface area contributed by atoms with Gasteiger partial charge in [-0.2, -0.15) is 0 Å². The molecule has 0 radical (unpaired) electrons. The van der Waals surface area contributed by atoms with Gasteiger partial charge in [0.15, 0.2) is 0 Å². The fourth-order valence-corrected chi connectivity index (χ4v) is 1.70. The Morgan fingerprint density at radius 3 is 2.94 bits per heavy atom. The van der Waals surface area contributed by atoms with Gasteiger partial charge in [0.2, 0.25) is 11.6 Å². The van der Waals surface area contributed by atoms with E-state index in [-0.39, 0.29) is 5.82 Å². The summed E-state index contributed by atoms with van der Waals surface area (Å²) in [5.74, 6) is -0.00925. The smallest absolute Gasteiger partial charge is 0.247 e. The summed E-state index contributed by atoms with van der Waals surface area (Å²) < 4.78 is 18.5. The fraction of sp³-hybridized carbons (Fsp3) is 0. The highest BCUT2D eigenvalue weighted by Gasteiger charge is 2.09. The topological polar surface area (TPSA) is 38.9 Å². The van der Waals surface area contributed by atoms with Crippen LogP contribution in [-0.4, -0.2) is 9.97 Å². The highest BCUT2D eigenvalue weighted by Crippen LogP contribution is 2.24. The van der Waals surface area contributed by atoms with Gasteiger partial charge in [-0.15, -0.1) is 0 Å². The lowest BCUT2D eigenvalue weighted by Gasteiger charge is -1.93. The fourth-order valence-electron chi connectivity index (χ4n) is 1.54. The zero-order chi connectivity index (χ0) is 11.8. The molecular formula is C12H6ClFN2O. The van der Waals surface area contributed by atoms with Crippen molar-refractivity contribution in [2.45, 2.75) is 0 Å². The maximum absolute atomic E-state index is 13.1. The molecular weight excluding hydrogens is 243 g/mol. The second-order valence-corrected chi connectivity index (χ2v) is 3.94. The maximum atomic E-state index is 13.1. The Kier molecular flexibility index (Phi) is 2.30. The van der Waals surface area contributed by atoms with Crippen LogP contribution in [0.1, 0.15) is 0 Å². The second-order valence-electron chi connectivity index (χ2n) is 3.51. The van der Waals surface area contributed by atoms with E-state index in [0.717, 1.165) is 0 Å². The van der Waals surface area contributed by atoms with Crippen molar-refractivity contribution in [2.75, 3.05) is 0 Å². The number of hydrogen-bond acceptors (Lipinski definition) is 3. The van der Waals surface area contributed by atoms with E-state index >= 15 is 0 Å². The summed E-state index contributed by atoms with van der Waals surface area (Å²) in [7, 11) is 0. The van der Waals surface area contributed by atoms with E-state index in [4.69, 9.17) is 16.0 Å². The third-order valence-electron chi connectivity index (χ3n) is 2.29. The number of pyridine rings is 1. The van der Waals surface area contributed by atoms with Crippen molar-refractivity contribution < 1.29 is 8.81 Å². The lowest BCUT2D eigenvalue weighted by atomic mass is 10.2. The standard InChI is InChI=1S/C12H6ClFN2O/c13-8-5-10-12(15-6-8)17-11(16-10)7-2-1-3-9(14)4-7/h1-6H. The van der Waals surface area contributed by atoms with Crippen LogP contribution in [0.4, 0.5) is 4.39 Å². The van der Waals surface area contributed by atoms with Gasteiger partial charge in [-0.25, -0.2) is 14.4 Å². The summed E-state index contributed by atoms with van der Waals surface area (Å²) in [5, 5.41) is 0.483. The Hall–Kier alpha value is -1.94. The van der Waals surface area contributed by atoms with Crippen LogP contribution in [0.25, 0.3) is 22.7 Å². The molecule has 17 heavy (non-hydrogen) atoms. The SMILES string of the molecule is Fc1cccc(-c2nc3cc(Cl)cnc3o2)c1. The quantitative estimate of drug-likeness (QED) is 0.659. The van der Waals surface area contributed by atoms with Crippen LogP contribution in [0.3, 0.4) is 0 Å². The first kappa shape index (κ1) is 10.2. The molecule has 0 N–H and O–H groups in total. The van der Waals surface area contributed by atoms with E-state index in [0.29, 0.717) is 27.7 Å². The lowest BCUT2D eigenvalue weighted by Crippen LogP contribution is -1.78. The van der Waals surface area contributed by atoms with E-state index in [1.807, 2.05) is 0 Å². The Morgan fingerprint density at radius 1 is 1.24 bits per heavy atom. The molecule has 0 fully saturated rings. The molecule has 2 aromatic heterocycles. The predicted octanol–water partition coefficient (Wildman–Crippen LogP) is 3.68. The van der Waals surface area contributed by atoms with Crippen molar-refractivity contribution in [3.63, 3.8) is 0 Å². The van der Waals surface area contributed by atoms with Gasteiger partial charge in [0.1, 0.15) is 11.3 Å². The molecule has 0 amide bonds. The summed E-state index contributed by atoms with van der Waals surface area (Å²) in [6.07, 6.45) is 1.48. The first-order valence-electron chi connectivity index (χ1n) is 4.90. The molecule has 0 saturated carbocycles. The minimum Gasteiger partial charge on any atom is -0.418 e. The normalized spacial score (nSPS) is 10.9. The summed E-state index contributed by atoms with van der Waals surface area (Å²) in [5.41, 5.74) is 1.50. The number of rotatable bonds is 1. The van der Waals surface area contributed by atoms with E-state index in [1.54, 1.807) is 18.2 Å². The molecule has 3 nitrogen and oxygen atoms in total. The molecule has 0 aliphatic rings. The number of benzene rings is 1. The molecule has 0 saturated heterocycles. The Morgan fingerprint density at radius 2 is 2.12 bits per heavy atom. The molecule has 0 unspecified atom stereocenters. The van der Waals surface area contributed by atoms with Crippen LogP contribution in [0.15, 0.2) is 40.9 Å². The zero-order valence-corrected chi connectivity index (χ0v) is 9.28. The van der Waals surface area contributed by atoms with Crippen LogP contribution >= 0.6 is 11.6 Å². The Labute approximate surface area is 101 Å². The highest BCUT2D eigenvalue weighted by molar-refractivity contribution is 6.30. The maximum Gasteiger partial charge on any atom is 0.247 e. The van der Waals surface area contributed by atoms with Gasteiger partial charge in [-0.1, -0.05) is 17.7 Å². The molecule has 0 spiro atoms. The largest absolute Gasteiger partial charge is 0.418 e. The van der Waals surface area contributed by atoms with Gasteiger partial charge < -0.3 is 4.42 Å². The van der Waals surface area contributed by atoms with Crippen molar-refractivity contribution in [1.29, 1.82) is 0 Å². The van der Waals surface area contributed by atoms with Gasteiger partial charge in [-0.05, 0) is 24.3 Å². The lowest BCUT2D eigenvalue weighted by molar-refractivity contribution is 0.602. The zero-order valence-electron chi connectivity index (χ0n) is 8.52. The summed E-state index contributed by atoms with van der Waals surface area (Å²) in [6, 6.07) is 7.68. The molecule has 0 bridgehead atoms. The van der Waals surface area contributed by atoms with Crippen LogP contribution in [0.5, 0.6) is 0 Å². The summed E-state index contributed by atoms with van der Waals surface area (Å²) >= 11 is 5.80. The van der Waals surface area contributed by atoms with Gasteiger partial charge in [0, 0.05) is 11.8 Å². The van der Waals surface area contributed by atoms with E-state index in [1.165, 1.54) is 18.3 Å². The number of nitrogens with zero attached hydrogens (tertiary/aromatic N) is 2. The molecule has 3 aromatic rings. The highest BCUT2D eigenvalue weighted by atomic mass is 35.5. The van der Waals surface area contributed by atoms with Crippen molar-refractivity contribution in [3.05, 3.63) is 47.4 Å². The van der Waals surface area contributed by atoms with Crippen LogP contribution in [-0.2, 0) is 0 Å². The van der Waals surface area contributed by atoms with Gasteiger partial charge >= 0.3 is 0 Å². The molecule has 0 aliphatic carbocycles. The van der Waals surface area contributed by atoms with E-state index in [9.17, 15) is 4.39 Å². The minimum atomic E-state index is -0.337. The van der Waals surface area contributed by atoms with Crippen LogP contribution in [0, 0.1) is 5.82 Å².